The van der Waals surface area contributed by atoms with E-state index < -0.39 is 21.1 Å². The van der Waals surface area contributed by atoms with Crippen molar-refractivity contribution in [1.29, 1.82) is 5.26 Å². The predicted octanol–water partition coefficient (Wildman–Crippen LogP) is 4.81. The number of rotatable bonds is 4. The predicted molar refractivity (Wildman–Crippen MR) is 117 cm³/mol. The number of nitriles is 1. The highest BCUT2D eigenvalue weighted by atomic mass is 32.2. The fourth-order valence-electron chi connectivity index (χ4n) is 4.01. The van der Waals surface area contributed by atoms with Gasteiger partial charge in [-0.05, 0) is 49.1 Å². The standard InChI is InChI=1S/C24H22FN3O2S/c1-17-7-12-24(18-5-3-2-4-6-18)31(29,30)28(17)16-21-9-8-19(13-23(21)25)20-10-11-22(14-26)27-15-20/h2-6,8-11,13,15,17,24H,7,12,16H2,1H3/t17-,24?/m0/s1. The Balaban J connectivity index is 1.60. The van der Waals surface area contributed by atoms with Crippen LogP contribution in [0.4, 0.5) is 4.39 Å². The number of pyridine rings is 1. The molecule has 4 rings (SSSR count). The largest absolute Gasteiger partial charge is 0.245 e. The molecule has 2 heterocycles. The van der Waals surface area contributed by atoms with Crippen molar-refractivity contribution in [2.45, 2.75) is 37.6 Å². The molecule has 1 unspecified atom stereocenters. The van der Waals surface area contributed by atoms with Crippen molar-refractivity contribution in [2.75, 3.05) is 0 Å². The maximum atomic E-state index is 14.9. The monoisotopic (exact) mass is 435 g/mol. The highest BCUT2D eigenvalue weighted by Gasteiger charge is 2.40. The first kappa shape index (κ1) is 21.2. The van der Waals surface area contributed by atoms with E-state index >= 15 is 0 Å². The van der Waals surface area contributed by atoms with Crippen LogP contribution in [0.25, 0.3) is 11.1 Å². The van der Waals surface area contributed by atoms with E-state index in [9.17, 15) is 12.8 Å². The second-order valence-corrected chi connectivity index (χ2v) is 9.83. The molecule has 158 valence electrons. The van der Waals surface area contributed by atoms with Gasteiger partial charge in [0, 0.05) is 29.9 Å². The molecule has 5 nitrogen and oxygen atoms in total. The second kappa shape index (κ2) is 8.58. The van der Waals surface area contributed by atoms with Crippen LogP contribution in [0.15, 0.2) is 66.9 Å². The third-order valence-electron chi connectivity index (χ3n) is 5.79. The van der Waals surface area contributed by atoms with Crippen LogP contribution in [0.2, 0.25) is 0 Å². The molecule has 1 aliphatic rings. The zero-order valence-electron chi connectivity index (χ0n) is 17.1. The lowest BCUT2D eigenvalue weighted by Crippen LogP contribution is -2.44. The molecule has 0 N–H and O–H groups in total. The number of benzene rings is 2. The molecule has 31 heavy (non-hydrogen) atoms. The summed E-state index contributed by atoms with van der Waals surface area (Å²) in [7, 11) is -3.63. The molecule has 3 aromatic rings. The minimum atomic E-state index is -3.63. The summed E-state index contributed by atoms with van der Waals surface area (Å²) in [6.07, 6.45) is 2.79. The average molecular weight is 436 g/mol. The first-order valence-electron chi connectivity index (χ1n) is 10.1. The maximum Gasteiger partial charge on any atom is 0.221 e. The number of hydrogen-bond donors (Lipinski definition) is 0. The van der Waals surface area contributed by atoms with Crippen LogP contribution >= 0.6 is 0 Å². The number of aromatic nitrogens is 1. The van der Waals surface area contributed by atoms with Crippen molar-refractivity contribution in [2.24, 2.45) is 0 Å². The Morgan fingerprint density at radius 1 is 1.10 bits per heavy atom. The molecule has 1 aliphatic heterocycles. The van der Waals surface area contributed by atoms with Gasteiger partial charge in [-0.15, -0.1) is 0 Å². The number of hydrogen-bond acceptors (Lipinski definition) is 4. The van der Waals surface area contributed by atoms with Crippen LogP contribution in [0.1, 0.15) is 41.8 Å². The summed E-state index contributed by atoms with van der Waals surface area (Å²) in [6.45, 7) is 1.86. The van der Waals surface area contributed by atoms with E-state index in [1.54, 1.807) is 24.3 Å². The van der Waals surface area contributed by atoms with Crippen molar-refractivity contribution in [3.05, 3.63) is 89.5 Å². The Labute approximate surface area is 181 Å². The molecule has 1 aromatic heterocycles. The van der Waals surface area contributed by atoms with Gasteiger partial charge in [-0.1, -0.05) is 42.5 Å². The summed E-state index contributed by atoms with van der Waals surface area (Å²) in [5.74, 6) is -0.467. The summed E-state index contributed by atoms with van der Waals surface area (Å²) in [6, 6.07) is 19.0. The van der Waals surface area contributed by atoms with Crippen molar-refractivity contribution in [3.8, 4) is 17.2 Å². The number of sulfonamides is 1. The number of nitrogens with zero attached hydrogens (tertiary/aromatic N) is 3. The normalized spacial score (nSPS) is 20.8. The fourth-order valence-corrected chi connectivity index (χ4v) is 6.19. The van der Waals surface area contributed by atoms with Crippen LogP contribution in [0.5, 0.6) is 0 Å². The van der Waals surface area contributed by atoms with E-state index in [1.165, 1.54) is 16.6 Å². The second-order valence-electron chi connectivity index (χ2n) is 7.77. The lowest BCUT2D eigenvalue weighted by Gasteiger charge is -2.37. The molecular formula is C24H22FN3O2S. The van der Waals surface area contributed by atoms with Crippen molar-refractivity contribution in [1.82, 2.24) is 9.29 Å². The van der Waals surface area contributed by atoms with Gasteiger partial charge in [0.25, 0.3) is 0 Å². The van der Waals surface area contributed by atoms with E-state index in [2.05, 4.69) is 4.98 Å². The Morgan fingerprint density at radius 3 is 2.48 bits per heavy atom. The van der Waals surface area contributed by atoms with Gasteiger partial charge in [-0.2, -0.15) is 9.57 Å². The van der Waals surface area contributed by atoms with Gasteiger partial charge in [-0.25, -0.2) is 17.8 Å². The number of halogens is 1. The minimum absolute atomic E-state index is 0.00936. The maximum absolute atomic E-state index is 14.9. The van der Waals surface area contributed by atoms with Crippen molar-refractivity contribution < 1.29 is 12.8 Å². The Bertz CT molecular complexity index is 1220. The highest BCUT2D eigenvalue weighted by Crippen LogP contribution is 2.38. The summed E-state index contributed by atoms with van der Waals surface area (Å²) in [5.41, 5.74) is 2.69. The van der Waals surface area contributed by atoms with Crippen LogP contribution in [0.3, 0.4) is 0 Å². The summed E-state index contributed by atoms with van der Waals surface area (Å²) in [4.78, 5) is 4.01. The van der Waals surface area contributed by atoms with E-state index in [1.807, 2.05) is 43.3 Å². The van der Waals surface area contributed by atoms with Gasteiger partial charge in [0.1, 0.15) is 22.8 Å². The van der Waals surface area contributed by atoms with Gasteiger partial charge < -0.3 is 0 Å². The van der Waals surface area contributed by atoms with Gasteiger partial charge in [-0.3, -0.25) is 0 Å². The van der Waals surface area contributed by atoms with Crippen LogP contribution in [-0.4, -0.2) is 23.7 Å². The molecule has 2 aromatic carbocycles. The molecule has 0 aliphatic carbocycles. The smallest absolute Gasteiger partial charge is 0.221 e. The average Bonchev–Trinajstić information content (AvgIpc) is 2.78. The van der Waals surface area contributed by atoms with Gasteiger partial charge >= 0.3 is 0 Å². The van der Waals surface area contributed by atoms with E-state index in [0.717, 1.165) is 12.0 Å². The highest BCUT2D eigenvalue weighted by molar-refractivity contribution is 7.89. The SMILES string of the molecule is C[C@H]1CCC(c2ccccc2)S(=O)(=O)N1Cc1ccc(-c2ccc(C#N)nc2)cc1F. The van der Waals surface area contributed by atoms with Crippen LogP contribution in [-0.2, 0) is 16.6 Å². The van der Waals surface area contributed by atoms with Gasteiger partial charge in [0.2, 0.25) is 10.0 Å². The molecule has 0 bridgehead atoms. The molecule has 0 radical (unpaired) electrons. The first-order chi connectivity index (χ1) is 14.9. The lowest BCUT2D eigenvalue weighted by molar-refractivity contribution is 0.279. The lowest BCUT2D eigenvalue weighted by atomic mass is 10.0. The molecule has 1 saturated heterocycles. The summed E-state index contributed by atoms with van der Waals surface area (Å²) in [5, 5.41) is 8.25. The Morgan fingerprint density at radius 2 is 1.84 bits per heavy atom. The van der Waals surface area contributed by atoms with Gasteiger partial charge in [0.15, 0.2) is 0 Å². The van der Waals surface area contributed by atoms with Crippen LogP contribution in [0, 0.1) is 17.1 Å². The zero-order valence-corrected chi connectivity index (χ0v) is 17.9. The third-order valence-corrected chi connectivity index (χ3v) is 8.16. The zero-order chi connectivity index (χ0) is 22.0. The van der Waals surface area contributed by atoms with E-state index in [4.69, 9.17) is 5.26 Å². The molecular weight excluding hydrogens is 413 g/mol. The van der Waals surface area contributed by atoms with E-state index in [0.29, 0.717) is 23.1 Å². The molecule has 0 saturated carbocycles. The fraction of sp³-hybridized carbons (Fsp3) is 0.250. The van der Waals surface area contributed by atoms with E-state index in [-0.39, 0.29) is 18.3 Å². The molecule has 2 atom stereocenters. The van der Waals surface area contributed by atoms with Crippen molar-refractivity contribution >= 4 is 10.0 Å². The Hall–Kier alpha value is -3.08. The molecule has 0 spiro atoms. The van der Waals surface area contributed by atoms with Crippen LogP contribution < -0.4 is 0 Å². The quantitative estimate of drug-likeness (QED) is 0.589. The molecule has 0 amide bonds. The first-order valence-corrected chi connectivity index (χ1v) is 11.6. The van der Waals surface area contributed by atoms with Crippen molar-refractivity contribution in [3.63, 3.8) is 0 Å². The molecule has 7 heteroatoms. The minimum Gasteiger partial charge on any atom is -0.245 e. The summed E-state index contributed by atoms with van der Waals surface area (Å²) < 4.78 is 43.1. The third kappa shape index (κ3) is 4.22. The molecule has 1 fully saturated rings. The summed E-state index contributed by atoms with van der Waals surface area (Å²) >= 11 is 0. The van der Waals surface area contributed by atoms with Gasteiger partial charge in [0.05, 0.1) is 0 Å². The topological polar surface area (TPSA) is 74.1 Å². The Kier molecular flexibility index (Phi) is 5.86.